The van der Waals surface area contributed by atoms with Gasteiger partial charge in [-0.05, 0) is 31.2 Å². The van der Waals surface area contributed by atoms with E-state index in [4.69, 9.17) is 0 Å². The van der Waals surface area contributed by atoms with Gasteiger partial charge in [0.25, 0.3) is 0 Å². The SMILES string of the molecule is CC12CSCC(=O)N1C(C(=O)N1CCN(S(=O)(=O)c3ccc(F)cc3)CC1)CS2. The predicted molar refractivity (Wildman–Crippen MR) is 111 cm³/mol. The van der Waals surface area contributed by atoms with Crippen LogP contribution in [0.3, 0.4) is 0 Å². The number of fused-ring (bicyclic) bond motifs is 1. The van der Waals surface area contributed by atoms with Crippen LogP contribution < -0.4 is 0 Å². The fourth-order valence-corrected chi connectivity index (χ4v) is 8.09. The number of rotatable bonds is 3. The van der Waals surface area contributed by atoms with Crippen molar-refractivity contribution in [3.05, 3.63) is 30.1 Å². The fourth-order valence-electron chi connectivity index (χ4n) is 3.98. The summed E-state index contributed by atoms with van der Waals surface area (Å²) < 4.78 is 39.9. The van der Waals surface area contributed by atoms with Gasteiger partial charge in [-0.3, -0.25) is 9.59 Å². The molecule has 158 valence electrons. The molecule has 0 radical (unpaired) electrons. The quantitative estimate of drug-likeness (QED) is 0.673. The van der Waals surface area contributed by atoms with Gasteiger partial charge in [0.2, 0.25) is 21.8 Å². The molecule has 11 heteroatoms. The maximum absolute atomic E-state index is 13.1. The van der Waals surface area contributed by atoms with Crippen molar-refractivity contribution in [3.63, 3.8) is 0 Å². The summed E-state index contributed by atoms with van der Waals surface area (Å²) in [6, 6.07) is 4.25. The zero-order chi connectivity index (χ0) is 20.8. The molecule has 3 saturated heterocycles. The highest BCUT2D eigenvalue weighted by Crippen LogP contribution is 2.44. The van der Waals surface area contributed by atoms with E-state index in [1.807, 2.05) is 6.92 Å². The number of thioether (sulfide) groups is 2. The Morgan fingerprint density at radius 2 is 1.83 bits per heavy atom. The lowest BCUT2D eigenvalue weighted by Crippen LogP contribution is -2.60. The second-order valence-electron chi connectivity index (χ2n) is 7.44. The third kappa shape index (κ3) is 3.77. The summed E-state index contributed by atoms with van der Waals surface area (Å²) in [4.78, 5) is 28.6. The Kier molecular flexibility index (Phi) is 5.60. The highest BCUT2D eigenvalue weighted by atomic mass is 32.2. The Balaban J connectivity index is 1.42. The minimum absolute atomic E-state index is 0.00961. The number of halogens is 1. The highest BCUT2D eigenvalue weighted by Gasteiger charge is 2.52. The molecule has 1 aromatic carbocycles. The molecule has 0 N–H and O–H groups in total. The van der Waals surface area contributed by atoms with Gasteiger partial charge in [0.15, 0.2) is 0 Å². The third-order valence-electron chi connectivity index (χ3n) is 5.52. The van der Waals surface area contributed by atoms with Crippen LogP contribution in [0.4, 0.5) is 4.39 Å². The van der Waals surface area contributed by atoms with Crippen molar-refractivity contribution in [2.24, 2.45) is 0 Å². The van der Waals surface area contributed by atoms with Crippen LogP contribution in [0.5, 0.6) is 0 Å². The van der Waals surface area contributed by atoms with Gasteiger partial charge in [0, 0.05) is 37.7 Å². The van der Waals surface area contributed by atoms with E-state index in [0.717, 1.165) is 17.9 Å². The Labute approximate surface area is 178 Å². The minimum Gasteiger partial charge on any atom is -0.338 e. The minimum atomic E-state index is -3.73. The Morgan fingerprint density at radius 3 is 2.48 bits per heavy atom. The first-order chi connectivity index (χ1) is 13.7. The van der Waals surface area contributed by atoms with E-state index in [-0.39, 0.29) is 47.8 Å². The molecule has 0 spiro atoms. The van der Waals surface area contributed by atoms with Gasteiger partial charge in [0.05, 0.1) is 15.5 Å². The maximum atomic E-state index is 13.1. The third-order valence-corrected chi connectivity index (χ3v) is 10.3. The molecular formula is C18H22FN3O4S3. The smallest absolute Gasteiger partial charge is 0.246 e. The van der Waals surface area contributed by atoms with Crippen LogP contribution in [0.2, 0.25) is 0 Å². The molecule has 3 aliphatic rings. The number of benzene rings is 1. The van der Waals surface area contributed by atoms with Crippen LogP contribution in [-0.4, -0.2) is 88.7 Å². The molecule has 7 nitrogen and oxygen atoms in total. The Morgan fingerprint density at radius 1 is 1.17 bits per heavy atom. The van der Waals surface area contributed by atoms with Crippen LogP contribution in [-0.2, 0) is 19.6 Å². The van der Waals surface area contributed by atoms with Crippen molar-refractivity contribution in [1.82, 2.24) is 14.1 Å². The van der Waals surface area contributed by atoms with E-state index in [1.165, 1.54) is 16.4 Å². The van der Waals surface area contributed by atoms with Crippen molar-refractivity contribution < 1.29 is 22.4 Å². The largest absolute Gasteiger partial charge is 0.338 e. The van der Waals surface area contributed by atoms with E-state index in [9.17, 15) is 22.4 Å². The first-order valence-electron chi connectivity index (χ1n) is 9.31. The van der Waals surface area contributed by atoms with Gasteiger partial charge in [0.1, 0.15) is 11.9 Å². The van der Waals surface area contributed by atoms with Crippen LogP contribution in [0.15, 0.2) is 29.2 Å². The van der Waals surface area contributed by atoms with Crippen LogP contribution in [0, 0.1) is 5.82 Å². The average molecular weight is 460 g/mol. The van der Waals surface area contributed by atoms with E-state index in [1.54, 1.807) is 33.3 Å². The summed E-state index contributed by atoms with van der Waals surface area (Å²) in [5.74, 6) is 1.15. The van der Waals surface area contributed by atoms with Crippen LogP contribution >= 0.6 is 23.5 Å². The molecular weight excluding hydrogens is 437 g/mol. The lowest BCUT2D eigenvalue weighted by molar-refractivity contribution is -0.146. The first kappa shape index (κ1) is 21.0. The zero-order valence-corrected chi connectivity index (χ0v) is 18.4. The number of carbonyl (C=O) groups excluding carboxylic acids is 2. The van der Waals surface area contributed by atoms with Crippen molar-refractivity contribution >= 4 is 45.4 Å². The van der Waals surface area contributed by atoms with Crippen molar-refractivity contribution in [2.45, 2.75) is 22.7 Å². The fraction of sp³-hybridized carbons (Fsp3) is 0.556. The normalized spacial score (nSPS) is 28.5. The average Bonchev–Trinajstić information content (AvgIpc) is 3.06. The van der Waals surface area contributed by atoms with Crippen molar-refractivity contribution in [2.75, 3.05) is 43.4 Å². The summed E-state index contributed by atoms with van der Waals surface area (Å²) in [5.41, 5.74) is 0. The molecule has 2 amide bonds. The summed E-state index contributed by atoms with van der Waals surface area (Å²) in [5, 5.41) is 0. The highest BCUT2D eigenvalue weighted by molar-refractivity contribution is 8.04. The lowest BCUT2D eigenvalue weighted by Gasteiger charge is -2.42. The van der Waals surface area contributed by atoms with E-state index >= 15 is 0 Å². The lowest BCUT2D eigenvalue weighted by atomic mass is 10.1. The number of carbonyl (C=O) groups is 2. The number of sulfonamides is 1. The second kappa shape index (κ2) is 7.75. The van der Waals surface area contributed by atoms with Gasteiger partial charge >= 0.3 is 0 Å². The monoisotopic (exact) mass is 459 g/mol. The van der Waals surface area contributed by atoms with Gasteiger partial charge in [-0.2, -0.15) is 4.31 Å². The molecule has 3 heterocycles. The molecule has 0 bridgehead atoms. The first-order valence-corrected chi connectivity index (χ1v) is 12.9. The van der Waals surface area contributed by atoms with Gasteiger partial charge in [-0.25, -0.2) is 12.8 Å². The van der Waals surface area contributed by atoms with Gasteiger partial charge in [-0.1, -0.05) is 0 Å². The van der Waals surface area contributed by atoms with Crippen molar-refractivity contribution in [1.29, 1.82) is 0 Å². The van der Waals surface area contributed by atoms with E-state index in [2.05, 4.69) is 0 Å². The number of nitrogens with zero attached hydrogens (tertiary/aromatic N) is 3. The van der Waals surface area contributed by atoms with E-state index in [0.29, 0.717) is 11.5 Å². The molecule has 3 aliphatic heterocycles. The number of hydrogen-bond donors (Lipinski definition) is 0. The summed E-state index contributed by atoms with van der Waals surface area (Å²) in [6.45, 7) is 2.89. The predicted octanol–water partition coefficient (Wildman–Crippen LogP) is 1.07. The number of piperazine rings is 1. The summed E-state index contributed by atoms with van der Waals surface area (Å²) in [6.07, 6.45) is 0. The molecule has 0 saturated carbocycles. The molecule has 0 aromatic heterocycles. The molecule has 3 fully saturated rings. The van der Waals surface area contributed by atoms with Gasteiger partial charge < -0.3 is 9.80 Å². The molecule has 0 aliphatic carbocycles. The van der Waals surface area contributed by atoms with Crippen LogP contribution in [0.25, 0.3) is 0 Å². The summed E-state index contributed by atoms with van der Waals surface area (Å²) in [7, 11) is -3.73. The standard InChI is InChI=1S/C18H22FN3O4S3/c1-18-12-27-11-16(23)22(18)15(10-28-18)17(24)20-6-8-21(9-7-20)29(25,26)14-4-2-13(19)3-5-14/h2-5,15H,6-12H2,1H3. The zero-order valence-electron chi connectivity index (χ0n) is 15.9. The number of amides is 2. The summed E-state index contributed by atoms with van der Waals surface area (Å²) >= 11 is 3.23. The molecule has 2 unspecified atom stereocenters. The van der Waals surface area contributed by atoms with Crippen molar-refractivity contribution in [3.8, 4) is 0 Å². The molecule has 29 heavy (non-hydrogen) atoms. The molecule has 2 atom stereocenters. The van der Waals surface area contributed by atoms with E-state index < -0.39 is 21.9 Å². The Hall–Kier alpha value is -1.30. The Bertz CT molecular complexity index is 919. The maximum Gasteiger partial charge on any atom is 0.246 e. The topological polar surface area (TPSA) is 78.0 Å². The molecule has 4 rings (SSSR count). The molecule has 1 aromatic rings. The second-order valence-corrected chi connectivity index (χ2v) is 11.9. The number of hydrogen-bond acceptors (Lipinski definition) is 6. The van der Waals surface area contributed by atoms with Crippen LogP contribution in [0.1, 0.15) is 6.92 Å². The van der Waals surface area contributed by atoms with Gasteiger partial charge in [-0.15, -0.1) is 23.5 Å².